The van der Waals surface area contributed by atoms with Gasteiger partial charge in [-0.1, -0.05) is 40.0 Å². The summed E-state index contributed by atoms with van der Waals surface area (Å²) >= 11 is 17.9. The molecule has 0 bridgehead atoms. The third kappa shape index (κ3) is 2.74. The van der Waals surface area contributed by atoms with Gasteiger partial charge in [0.15, 0.2) is 5.75 Å². The number of aromatic nitrogens is 1. The Hall–Kier alpha value is -0.900. The highest BCUT2D eigenvalue weighted by Crippen LogP contribution is 2.36. The van der Waals surface area contributed by atoms with Crippen LogP contribution in [0.25, 0.3) is 0 Å². The molecular formula is C12H10Cl3NO2. The minimum atomic E-state index is 0.294. The van der Waals surface area contributed by atoms with Crippen molar-refractivity contribution in [3.05, 3.63) is 44.2 Å². The van der Waals surface area contributed by atoms with Crippen LogP contribution < -0.4 is 4.74 Å². The molecule has 0 saturated heterocycles. The molecule has 0 radical (unpaired) electrons. The van der Waals surface area contributed by atoms with Crippen LogP contribution in [0.15, 0.2) is 16.7 Å². The number of benzene rings is 1. The van der Waals surface area contributed by atoms with Gasteiger partial charge >= 0.3 is 0 Å². The van der Waals surface area contributed by atoms with Crippen molar-refractivity contribution < 1.29 is 9.26 Å². The van der Waals surface area contributed by atoms with Crippen LogP contribution in [0.1, 0.15) is 17.0 Å². The molecule has 3 nitrogen and oxygen atoms in total. The molecule has 18 heavy (non-hydrogen) atoms. The molecule has 6 heteroatoms. The number of rotatable bonds is 3. The van der Waals surface area contributed by atoms with E-state index >= 15 is 0 Å². The Morgan fingerprint density at radius 3 is 2.28 bits per heavy atom. The zero-order valence-electron chi connectivity index (χ0n) is 9.76. The average molecular weight is 307 g/mol. The molecule has 2 rings (SSSR count). The highest BCUT2D eigenvalue weighted by Gasteiger charge is 2.13. The number of ether oxygens (including phenoxy) is 1. The average Bonchev–Trinajstić information content (AvgIpc) is 2.58. The van der Waals surface area contributed by atoms with Gasteiger partial charge in [0, 0.05) is 5.02 Å². The van der Waals surface area contributed by atoms with Gasteiger partial charge in [-0.15, -0.1) is 0 Å². The maximum atomic E-state index is 6.02. The Morgan fingerprint density at radius 1 is 1.17 bits per heavy atom. The number of hydrogen-bond donors (Lipinski definition) is 0. The van der Waals surface area contributed by atoms with Gasteiger partial charge in [0.2, 0.25) is 0 Å². The SMILES string of the molecule is Cc1noc(C)c1COc1c(Cl)cc(Cl)cc1Cl. The lowest BCUT2D eigenvalue weighted by atomic mass is 10.2. The summed E-state index contributed by atoms with van der Waals surface area (Å²) in [6, 6.07) is 3.16. The number of halogens is 3. The van der Waals surface area contributed by atoms with Gasteiger partial charge in [-0.25, -0.2) is 0 Å². The molecule has 96 valence electrons. The van der Waals surface area contributed by atoms with E-state index in [2.05, 4.69) is 5.16 Å². The summed E-state index contributed by atoms with van der Waals surface area (Å²) in [5, 5.41) is 5.06. The summed E-state index contributed by atoms with van der Waals surface area (Å²) in [6.45, 7) is 3.96. The predicted molar refractivity (Wildman–Crippen MR) is 71.8 cm³/mol. The number of aryl methyl sites for hydroxylation is 2. The van der Waals surface area contributed by atoms with Crippen LogP contribution >= 0.6 is 34.8 Å². The summed E-state index contributed by atoms with van der Waals surface area (Å²) in [4.78, 5) is 0. The minimum Gasteiger partial charge on any atom is -0.486 e. The first-order valence-corrected chi connectivity index (χ1v) is 6.31. The summed E-state index contributed by atoms with van der Waals surface area (Å²) in [5.74, 6) is 1.12. The second-order valence-corrected chi connectivity index (χ2v) is 5.04. The molecule has 0 saturated carbocycles. The van der Waals surface area contributed by atoms with Crippen LogP contribution in [-0.4, -0.2) is 5.16 Å². The Balaban J connectivity index is 2.21. The first-order valence-electron chi connectivity index (χ1n) is 5.18. The fraction of sp³-hybridized carbons (Fsp3) is 0.250. The Kier molecular flexibility index (Phi) is 4.05. The maximum absolute atomic E-state index is 6.02. The molecule has 0 aliphatic heterocycles. The van der Waals surface area contributed by atoms with Crippen molar-refractivity contribution >= 4 is 34.8 Å². The van der Waals surface area contributed by atoms with Crippen LogP contribution in [0.4, 0.5) is 0 Å². The van der Waals surface area contributed by atoms with Gasteiger partial charge in [0.05, 0.1) is 21.3 Å². The molecule has 0 unspecified atom stereocenters. The maximum Gasteiger partial charge on any atom is 0.157 e. The van der Waals surface area contributed by atoms with Crippen molar-refractivity contribution in [2.24, 2.45) is 0 Å². The van der Waals surface area contributed by atoms with E-state index in [4.69, 9.17) is 44.1 Å². The van der Waals surface area contributed by atoms with Crippen molar-refractivity contribution in [2.45, 2.75) is 20.5 Å². The van der Waals surface area contributed by atoms with Crippen molar-refractivity contribution in [1.82, 2.24) is 5.16 Å². The molecule has 0 amide bonds. The van der Waals surface area contributed by atoms with Gasteiger partial charge < -0.3 is 9.26 Å². The minimum absolute atomic E-state index is 0.294. The molecule has 2 aromatic rings. The third-order valence-electron chi connectivity index (χ3n) is 2.51. The molecular weight excluding hydrogens is 296 g/mol. The summed E-state index contributed by atoms with van der Waals surface area (Å²) in [6.07, 6.45) is 0. The monoisotopic (exact) mass is 305 g/mol. The zero-order valence-corrected chi connectivity index (χ0v) is 12.0. The van der Waals surface area contributed by atoms with Crippen LogP contribution in [0.3, 0.4) is 0 Å². The van der Waals surface area contributed by atoms with E-state index in [0.29, 0.717) is 33.2 Å². The van der Waals surface area contributed by atoms with Gasteiger partial charge in [-0.2, -0.15) is 0 Å². The Labute approximate surface area is 120 Å². The van der Waals surface area contributed by atoms with Crippen LogP contribution in [0.2, 0.25) is 15.1 Å². The molecule has 0 atom stereocenters. The molecule has 0 N–H and O–H groups in total. The zero-order chi connectivity index (χ0) is 13.3. The Bertz CT molecular complexity index is 538. The highest BCUT2D eigenvalue weighted by molar-refractivity contribution is 6.40. The molecule has 0 spiro atoms. The topological polar surface area (TPSA) is 35.3 Å². The van der Waals surface area contributed by atoms with E-state index in [9.17, 15) is 0 Å². The van der Waals surface area contributed by atoms with E-state index in [0.717, 1.165) is 11.3 Å². The van der Waals surface area contributed by atoms with Crippen molar-refractivity contribution in [2.75, 3.05) is 0 Å². The largest absolute Gasteiger partial charge is 0.486 e. The fourth-order valence-electron chi connectivity index (χ4n) is 1.52. The predicted octanol–water partition coefficient (Wildman–Crippen LogP) is 4.83. The van der Waals surface area contributed by atoms with Crippen molar-refractivity contribution in [1.29, 1.82) is 0 Å². The number of nitrogens with zero attached hydrogens (tertiary/aromatic N) is 1. The van der Waals surface area contributed by atoms with E-state index in [1.807, 2.05) is 13.8 Å². The summed E-state index contributed by atoms with van der Waals surface area (Å²) in [7, 11) is 0. The lowest BCUT2D eigenvalue weighted by molar-refractivity contribution is 0.302. The molecule has 0 aliphatic carbocycles. The second kappa shape index (κ2) is 5.39. The molecule has 1 aromatic heterocycles. The molecule has 1 aromatic carbocycles. The standard InChI is InChI=1S/C12H10Cl3NO2/c1-6-9(7(2)18-16-6)5-17-12-10(14)3-8(13)4-11(12)15/h3-4H,5H2,1-2H3. The number of hydrogen-bond acceptors (Lipinski definition) is 3. The van der Waals surface area contributed by atoms with E-state index < -0.39 is 0 Å². The van der Waals surface area contributed by atoms with E-state index in [1.54, 1.807) is 12.1 Å². The van der Waals surface area contributed by atoms with Gasteiger partial charge in [0.1, 0.15) is 12.4 Å². The van der Waals surface area contributed by atoms with E-state index in [1.165, 1.54) is 0 Å². The van der Waals surface area contributed by atoms with Gasteiger partial charge in [-0.05, 0) is 26.0 Å². The molecule has 0 aliphatic rings. The first kappa shape index (κ1) is 13.5. The molecule has 1 heterocycles. The van der Waals surface area contributed by atoms with Crippen molar-refractivity contribution in [3.8, 4) is 5.75 Å². The van der Waals surface area contributed by atoms with Crippen LogP contribution in [0, 0.1) is 13.8 Å². The Morgan fingerprint density at radius 2 is 1.78 bits per heavy atom. The summed E-state index contributed by atoms with van der Waals surface area (Å²) < 4.78 is 10.7. The fourth-order valence-corrected chi connectivity index (χ4v) is 2.45. The van der Waals surface area contributed by atoms with Gasteiger partial charge in [-0.3, -0.25) is 0 Å². The van der Waals surface area contributed by atoms with Crippen molar-refractivity contribution in [3.63, 3.8) is 0 Å². The molecule has 0 fully saturated rings. The van der Waals surface area contributed by atoms with E-state index in [-0.39, 0.29) is 0 Å². The lowest BCUT2D eigenvalue weighted by Gasteiger charge is -2.10. The van der Waals surface area contributed by atoms with Crippen LogP contribution in [-0.2, 0) is 6.61 Å². The first-order chi connectivity index (χ1) is 8.49. The van der Waals surface area contributed by atoms with Gasteiger partial charge in [0.25, 0.3) is 0 Å². The summed E-state index contributed by atoms with van der Waals surface area (Å²) in [5.41, 5.74) is 1.67. The second-order valence-electron chi connectivity index (χ2n) is 3.79. The lowest BCUT2D eigenvalue weighted by Crippen LogP contribution is -1.99. The normalized spacial score (nSPS) is 10.7. The quantitative estimate of drug-likeness (QED) is 0.814. The third-order valence-corrected chi connectivity index (χ3v) is 3.28. The van der Waals surface area contributed by atoms with Crippen LogP contribution in [0.5, 0.6) is 5.75 Å². The highest BCUT2D eigenvalue weighted by atomic mass is 35.5. The smallest absolute Gasteiger partial charge is 0.157 e.